The van der Waals surface area contributed by atoms with E-state index in [1.807, 2.05) is 18.7 Å². The smallest absolute Gasteiger partial charge is 0.211 e. The van der Waals surface area contributed by atoms with Crippen LogP contribution in [0.2, 0.25) is 0 Å². The summed E-state index contributed by atoms with van der Waals surface area (Å²) < 4.78 is 26.0. The summed E-state index contributed by atoms with van der Waals surface area (Å²) in [5.41, 5.74) is 0. The predicted octanol–water partition coefficient (Wildman–Crippen LogP) is 1.99. The van der Waals surface area contributed by atoms with Crippen molar-refractivity contribution in [3.05, 3.63) is 0 Å². The largest absolute Gasteiger partial charge is 0.214 e. The second-order valence-corrected chi connectivity index (χ2v) is 7.43. The molecule has 1 saturated carbocycles. The van der Waals surface area contributed by atoms with Crippen LogP contribution in [-0.4, -0.2) is 31.7 Å². The van der Waals surface area contributed by atoms with Crippen LogP contribution in [0.15, 0.2) is 0 Å². The lowest BCUT2D eigenvalue weighted by Gasteiger charge is -2.26. The number of sulfonamides is 1. The summed E-state index contributed by atoms with van der Waals surface area (Å²) in [6.07, 6.45) is 7.51. The lowest BCUT2D eigenvalue weighted by Crippen LogP contribution is -2.39. The molecule has 0 bridgehead atoms. The highest BCUT2D eigenvalue weighted by atomic mass is 32.2. The summed E-state index contributed by atoms with van der Waals surface area (Å²) in [5, 5.41) is 0. The van der Waals surface area contributed by atoms with Crippen molar-refractivity contribution < 1.29 is 8.42 Å². The highest BCUT2D eigenvalue weighted by Crippen LogP contribution is 2.39. The summed E-state index contributed by atoms with van der Waals surface area (Å²) >= 11 is 1.81. The molecule has 0 spiro atoms. The van der Waals surface area contributed by atoms with Gasteiger partial charge in [0.05, 0.1) is 5.75 Å². The molecule has 1 N–H and O–H groups in total. The first-order chi connectivity index (χ1) is 7.04. The molecule has 0 saturated heterocycles. The Hall–Kier alpha value is 0.260. The van der Waals surface area contributed by atoms with Gasteiger partial charge in [0.15, 0.2) is 0 Å². The Balaban J connectivity index is 2.47. The van der Waals surface area contributed by atoms with Crippen LogP contribution in [0.5, 0.6) is 0 Å². The zero-order valence-electron chi connectivity index (χ0n) is 9.58. The van der Waals surface area contributed by atoms with E-state index in [0.717, 1.165) is 12.8 Å². The van der Waals surface area contributed by atoms with Gasteiger partial charge in [0.2, 0.25) is 10.0 Å². The molecule has 0 heterocycles. The minimum absolute atomic E-state index is 0.167. The fourth-order valence-corrected chi connectivity index (χ4v) is 4.24. The lowest BCUT2D eigenvalue weighted by atomic mass is 10.1. The van der Waals surface area contributed by atoms with E-state index in [1.165, 1.54) is 12.8 Å². The maximum absolute atomic E-state index is 11.5. The molecule has 0 aliphatic heterocycles. The van der Waals surface area contributed by atoms with E-state index in [2.05, 4.69) is 11.0 Å². The van der Waals surface area contributed by atoms with Crippen LogP contribution in [0, 0.1) is 0 Å². The van der Waals surface area contributed by atoms with Gasteiger partial charge in [-0.05, 0) is 25.5 Å². The molecule has 1 rings (SSSR count). The highest BCUT2D eigenvalue weighted by molar-refractivity contribution is 8.00. The molecule has 90 valence electrons. The first-order valence-corrected chi connectivity index (χ1v) is 8.44. The van der Waals surface area contributed by atoms with E-state index in [0.29, 0.717) is 13.0 Å². The minimum Gasteiger partial charge on any atom is -0.214 e. The van der Waals surface area contributed by atoms with Crippen molar-refractivity contribution in [3.8, 4) is 0 Å². The summed E-state index contributed by atoms with van der Waals surface area (Å²) in [4.78, 5) is 0. The summed E-state index contributed by atoms with van der Waals surface area (Å²) in [6, 6.07) is 0. The SMILES string of the molecule is CCCS(=O)(=O)NCC1(SC)CCCC1. The Kier molecular flexibility index (Phi) is 4.93. The van der Waals surface area contributed by atoms with E-state index in [9.17, 15) is 8.42 Å². The van der Waals surface area contributed by atoms with Crippen LogP contribution in [0.25, 0.3) is 0 Å². The van der Waals surface area contributed by atoms with E-state index in [4.69, 9.17) is 0 Å². The molecule has 1 fully saturated rings. The van der Waals surface area contributed by atoms with Crippen LogP contribution in [0.1, 0.15) is 39.0 Å². The van der Waals surface area contributed by atoms with Gasteiger partial charge >= 0.3 is 0 Å². The van der Waals surface area contributed by atoms with Gasteiger partial charge in [0, 0.05) is 11.3 Å². The Morgan fingerprint density at radius 1 is 1.33 bits per heavy atom. The second-order valence-electron chi connectivity index (χ2n) is 4.23. The minimum atomic E-state index is -3.03. The molecule has 0 aromatic carbocycles. The topological polar surface area (TPSA) is 46.2 Å². The standard InChI is InChI=1S/C10H21NO2S2/c1-3-8-15(12,13)11-9-10(14-2)6-4-5-7-10/h11H,3-9H2,1-2H3. The molecule has 0 radical (unpaired) electrons. The van der Waals surface area contributed by atoms with Crippen LogP contribution in [0.4, 0.5) is 0 Å². The van der Waals surface area contributed by atoms with Crippen LogP contribution >= 0.6 is 11.8 Å². The third kappa shape index (κ3) is 3.96. The summed E-state index contributed by atoms with van der Waals surface area (Å²) in [6.45, 7) is 2.50. The quantitative estimate of drug-likeness (QED) is 0.785. The monoisotopic (exact) mass is 251 g/mol. The maximum Gasteiger partial charge on any atom is 0.211 e. The number of nitrogens with one attached hydrogen (secondary N) is 1. The number of rotatable bonds is 6. The number of hydrogen-bond donors (Lipinski definition) is 1. The van der Waals surface area contributed by atoms with Crippen LogP contribution < -0.4 is 4.72 Å². The van der Waals surface area contributed by atoms with Crippen molar-refractivity contribution in [2.45, 2.75) is 43.8 Å². The predicted molar refractivity (Wildman–Crippen MR) is 66.8 cm³/mol. The van der Waals surface area contributed by atoms with E-state index < -0.39 is 10.0 Å². The van der Waals surface area contributed by atoms with Gasteiger partial charge in [-0.2, -0.15) is 11.8 Å². The van der Waals surface area contributed by atoms with E-state index in [-0.39, 0.29) is 10.5 Å². The fraction of sp³-hybridized carbons (Fsp3) is 1.00. The summed E-state index contributed by atoms with van der Waals surface area (Å²) in [7, 11) is -3.03. The average Bonchev–Trinajstić information content (AvgIpc) is 2.64. The van der Waals surface area contributed by atoms with Gasteiger partial charge in [-0.25, -0.2) is 13.1 Å². The zero-order chi connectivity index (χ0) is 11.4. The third-order valence-corrected chi connectivity index (χ3v) is 5.98. The molecule has 1 aliphatic carbocycles. The van der Waals surface area contributed by atoms with E-state index >= 15 is 0 Å². The van der Waals surface area contributed by atoms with Gasteiger partial charge in [0.25, 0.3) is 0 Å². The molecular weight excluding hydrogens is 230 g/mol. The molecule has 0 amide bonds. The molecule has 0 aromatic heterocycles. The lowest BCUT2D eigenvalue weighted by molar-refractivity contribution is 0.550. The Bertz CT molecular complexity index is 282. The first-order valence-electron chi connectivity index (χ1n) is 5.56. The van der Waals surface area contributed by atoms with Crippen molar-refractivity contribution in [2.75, 3.05) is 18.6 Å². The van der Waals surface area contributed by atoms with Crippen molar-refractivity contribution >= 4 is 21.8 Å². The van der Waals surface area contributed by atoms with Gasteiger partial charge in [0.1, 0.15) is 0 Å². The van der Waals surface area contributed by atoms with Crippen molar-refractivity contribution in [3.63, 3.8) is 0 Å². The third-order valence-electron chi connectivity index (χ3n) is 3.03. The van der Waals surface area contributed by atoms with Crippen molar-refractivity contribution in [1.29, 1.82) is 0 Å². The normalized spacial score (nSPS) is 20.7. The molecule has 3 nitrogen and oxygen atoms in total. The maximum atomic E-state index is 11.5. The Morgan fingerprint density at radius 2 is 1.93 bits per heavy atom. The molecule has 15 heavy (non-hydrogen) atoms. The fourth-order valence-electron chi connectivity index (χ4n) is 2.05. The van der Waals surface area contributed by atoms with Crippen LogP contribution in [0.3, 0.4) is 0 Å². The number of thioether (sulfide) groups is 1. The van der Waals surface area contributed by atoms with E-state index in [1.54, 1.807) is 0 Å². The Morgan fingerprint density at radius 3 is 2.40 bits per heavy atom. The molecule has 5 heteroatoms. The Labute approximate surface area is 97.5 Å². The van der Waals surface area contributed by atoms with Gasteiger partial charge in [-0.3, -0.25) is 0 Å². The van der Waals surface area contributed by atoms with Gasteiger partial charge < -0.3 is 0 Å². The molecule has 1 aliphatic rings. The number of hydrogen-bond acceptors (Lipinski definition) is 3. The molecule has 0 unspecified atom stereocenters. The first kappa shape index (κ1) is 13.3. The molecular formula is C10H21NO2S2. The molecule has 0 aromatic rings. The van der Waals surface area contributed by atoms with Crippen LogP contribution in [-0.2, 0) is 10.0 Å². The van der Waals surface area contributed by atoms with Crippen molar-refractivity contribution in [2.24, 2.45) is 0 Å². The van der Waals surface area contributed by atoms with Gasteiger partial charge in [-0.15, -0.1) is 0 Å². The average molecular weight is 251 g/mol. The van der Waals surface area contributed by atoms with Crippen molar-refractivity contribution in [1.82, 2.24) is 4.72 Å². The zero-order valence-corrected chi connectivity index (χ0v) is 11.2. The van der Waals surface area contributed by atoms with Gasteiger partial charge in [-0.1, -0.05) is 19.8 Å². The highest BCUT2D eigenvalue weighted by Gasteiger charge is 2.33. The second kappa shape index (κ2) is 5.55. The molecule has 0 atom stereocenters. The summed E-state index contributed by atoms with van der Waals surface area (Å²) in [5.74, 6) is 0.247.